The molecule has 1 N–H and O–H groups in total. The molecule has 3 aliphatic carbocycles. The number of hydrogen-bond acceptors (Lipinski definition) is 13. The second-order valence-electron chi connectivity index (χ2n) is 22.6. The van der Waals surface area contributed by atoms with Crippen LogP contribution in [0.15, 0.2) is 30.3 Å². The van der Waals surface area contributed by atoms with Crippen molar-refractivity contribution in [3.63, 3.8) is 0 Å². The molecule has 0 aromatic heterocycles. The Hall–Kier alpha value is -1.93. The van der Waals surface area contributed by atoms with Crippen LogP contribution in [0.3, 0.4) is 0 Å². The lowest BCUT2D eigenvalue weighted by atomic mass is 9.85. The molecule has 5 aliphatic rings. The number of aliphatic hydroxyl groups excluding tert-OH is 1. The van der Waals surface area contributed by atoms with Gasteiger partial charge < -0.3 is 33.5 Å². The minimum Gasteiger partial charge on any atom is -0.462 e. The highest BCUT2D eigenvalue weighted by Gasteiger charge is 2.67. The van der Waals surface area contributed by atoms with E-state index in [1.165, 1.54) is 116 Å². The summed E-state index contributed by atoms with van der Waals surface area (Å²) in [6, 6.07) is 9.32. The first-order valence-electron chi connectivity index (χ1n) is 30.5. The van der Waals surface area contributed by atoms with Gasteiger partial charge in [-0.25, -0.2) is 4.57 Å². The smallest absolute Gasteiger partial charge is 0.462 e. The van der Waals surface area contributed by atoms with Crippen LogP contribution in [0.25, 0.3) is 0 Å². The predicted molar refractivity (Wildman–Crippen MR) is 288 cm³/mol. The molecule has 74 heavy (non-hydrogen) atoms. The van der Waals surface area contributed by atoms with Gasteiger partial charge in [-0.1, -0.05) is 211 Å². The van der Waals surface area contributed by atoms with E-state index in [2.05, 4.69) is 13.8 Å². The normalized spacial score (nSPS) is 25.1. The largest absolute Gasteiger partial charge is 0.475 e. The number of carbonyl (C=O) groups excluding carboxylic acids is 2. The molecule has 14 heteroatoms. The van der Waals surface area contributed by atoms with Crippen LogP contribution < -0.4 is 0 Å². The van der Waals surface area contributed by atoms with Gasteiger partial charge in [-0.15, -0.1) is 0 Å². The molecular formula is C60H101O13P. The minimum absolute atomic E-state index is 0.115. The summed E-state index contributed by atoms with van der Waals surface area (Å²) in [7, 11) is -4.60. The first kappa shape index (κ1) is 61.3. The number of rotatable bonds is 39. The van der Waals surface area contributed by atoms with E-state index in [1.807, 2.05) is 30.3 Å². The third-order valence-corrected chi connectivity index (χ3v) is 17.6. The van der Waals surface area contributed by atoms with Crippen LogP contribution in [0.4, 0.5) is 0 Å². The molecule has 2 heterocycles. The topological polar surface area (TPSA) is 155 Å². The van der Waals surface area contributed by atoms with Crippen molar-refractivity contribution >= 4 is 19.8 Å². The summed E-state index contributed by atoms with van der Waals surface area (Å²) in [5.74, 6) is -2.66. The van der Waals surface area contributed by atoms with Crippen molar-refractivity contribution in [3.05, 3.63) is 35.9 Å². The van der Waals surface area contributed by atoms with E-state index < -0.39 is 74.7 Å². The van der Waals surface area contributed by atoms with Gasteiger partial charge in [0.25, 0.3) is 0 Å². The fourth-order valence-electron chi connectivity index (χ4n) is 11.8. The lowest BCUT2D eigenvalue weighted by molar-refractivity contribution is -0.223. The molecule has 13 nitrogen and oxygen atoms in total. The summed E-state index contributed by atoms with van der Waals surface area (Å²) in [5.41, 5.74) is 0.737. The molecule has 5 fully saturated rings. The zero-order chi connectivity index (χ0) is 52.2. The van der Waals surface area contributed by atoms with Gasteiger partial charge in [-0.05, 0) is 44.1 Å². The Kier molecular flexibility index (Phi) is 28.3. The molecule has 0 radical (unpaired) electrons. The van der Waals surface area contributed by atoms with E-state index >= 15 is 4.57 Å². The van der Waals surface area contributed by atoms with Crippen molar-refractivity contribution in [3.8, 4) is 0 Å². The molecule has 1 aromatic rings. The zero-order valence-corrected chi connectivity index (χ0v) is 47.1. The number of phosphoric ester groups is 1. The summed E-state index contributed by atoms with van der Waals surface area (Å²) in [6.07, 6.45) is 33.4. The summed E-state index contributed by atoms with van der Waals surface area (Å²) in [6.45, 7) is 3.69. The SMILES string of the molecule is CCCCCCCCCCCCCCCC(=O)OC[C@H](COP(=O)(OCc1ccccc1)OC1[C@H]2OC3(CCCCC3)O[C@@H]2C(O)[C@@H]2OC3(CCCCC3)O[C@H]12)OC(=O)CCCCCCCCCCCCCCC. The van der Waals surface area contributed by atoms with Crippen LogP contribution in [0.1, 0.15) is 263 Å². The summed E-state index contributed by atoms with van der Waals surface area (Å²) >= 11 is 0. The highest BCUT2D eigenvalue weighted by Crippen LogP contribution is 2.58. The number of fused-ring (bicyclic) bond motifs is 2. The molecule has 6 rings (SSSR count). The van der Waals surface area contributed by atoms with Crippen LogP contribution in [0.5, 0.6) is 0 Å². The van der Waals surface area contributed by atoms with Crippen molar-refractivity contribution in [2.24, 2.45) is 0 Å². The van der Waals surface area contributed by atoms with Gasteiger partial charge in [0, 0.05) is 38.5 Å². The number of benzene rings is 1. The molecular weight excluding hydrogens is 960 g/mol. The number of unbranched alkanes of at least 4 members (excludes halogenated alkanes) is 24. The third-order valence-electron chi connectivity index (χ3n) is 16.2. The number of aliphatic hydroxyl groups is 1. The van der Waals surface area contributed by atoms with Gasteiger partial charge in [0.15, 0.2) is 17.7 Å². The van der Waals surface area contributed by atoms with E-state index in [0.717, 1.165) is 82.6 Å². The molecule has 2 aliphatic heterocycles. The second kappa shape index (κ2) is 34.2. The Morgan fingerprint density at radius 1 is 0.541 bits per heavy atom. The number of ether oxygens (including phenoxy) is 6. The van der Waals surface area contributed by atoms with Crippen LogP contribution in [-0.2, 0) is 62.8 Å². The Labute approximate surface area is 447 Å². The average molecular weight is 1060 g/mol. The van der Waals surface area contributed by atoms with Crippen molar-refractivity contribution in [2.75, 3.05) is 13.2 Å². The molecule has 0 bridgehead atoms. The van der Waals surface area contributed by atoms with Gasteiger partial charge in [0.05, 0.1) is 13.2 Å². The quantitative estimate of drug-likeness (QED) is 0.0378. The maximum Gasteiger partial charge on any atom is 0.475 e. The fourth-order valence-corrected chi connectivity index (χ4v) is 13.2. The highest BCUT2D eigenvalue weighted by molar-refractivity contribution is 7.48. The molecule has 3 saturated carbocycles. The summed E-state index contributed by atoms with van der Waals surface area (Å²) in [5, 5.41) is 11.9. The van der Waals surface area contributed by atoms with Gasteiger partial charge >= 0.3 is 19.8 Å². The van der Waals surface area contributed by atoms with Crippen LogP contribution >= 0.6 is 7.82 Å². The van der Waals surface area contributed by atoms with Crippen LogP contribution in [0, 0.1) is 0 Å². The minimum atomic E-state index is -4.60. The highest BCUT2D eigenvalue weighted by atomic mass is 31.2. The van der Waals surface area contributed by atoms with Crippen LogP contribution in [-0.4, -0.2) is 84.6 Å². The van der Waals surface area contributed by atoms with E-state index in [-0.39, 0.29) is 32.0 Å². The molecule has 1 aromatic carbocycles. The second-order valence-corrected chi connectivity index (χ2v) is 24.2. The fraction of sp³-hybridized carbons (Fsp3) is 0.867. The number of carbonyl (C=O) groups is 2. The summed E-state index contributed by atoms with van der Waals surface area (Å²) < 4.78 is 73.1. The molecule has 2 spiro atoms. The van der Waals surface area contributed by atoms with Crippen molar-refractivity contribution < 1.29 is 61.3 Å². The maximum atomic E-state index is 15.4. The summed E-state index contributed by atoms with van der Waals surface area (Å²) in [4.78, 5) is 26.7. The maximum absolute atomic E-state index is 15.4. The van der Waals surface area contributed by atoms with Gasteiger partial charge in [0.2, 0.25) is 0 Å². The zero-order valence-electron chi connectivity index (χ0n) is 46.2. The van der Waals surface area contributed by atoms with Crippen molar-refractivity contribution in [1.29, 1.82) is 0 Å². The average Bonchev–Trinajstić information content (AvgIpc) is 3.97. The Morgan fingerprint density at radius 3 is 1.39 bits per heavy atom. The lowest BCUT2D eigenvalue weighted by Gasteiger charge is -2.41. The Bertz CT molecular complexity index is 1680. The molecule has 0 amide bonds. The molecule has 8 atom stereocenters. The first-order chi connectivity index (χ1) is 36.2. The molecule has 3 unspecified atom stereocenters. The Morgan fingerprint density at radius 2 is 0.946 bits per heavy atom. The van der Waals surface area contributed by atoms with E-state index in [4.69, 9.17) is 42.0 Å². The van der Waals surface area contributed by atoms with Crippen molar-refractivity contribution in [2.45, 2.75) is 319 Å². The molecule has 424 valence electrons. The van der Waals surface area contributed by atoms with Crippen molar-refractivity contribution in [1.82, 2.24) is 0 Å². The number of hydrogen-bond donors (Lipinski definition) is 1. The van der Waals surface area contributed by atoms with Crippen LogP contribution in [0.2, 0.25) is 0 Å². The number of esters is 2. The lowest BCUT2D eigenvalue weighted by Crippen LogP contribution is -2.62. The van der Waals surface area contributed by atoms with E-state index in [1.54, 1.807) is 0 Å². The van der Waals surface area contributed by atoms with Gasteiger partial charge in [0.1, 0.15) is 43.2 Å². The number of phosphoric acid groups is 1. The predicted octanol–water partition coefficient (Wildman–Crippen LogP) is 15.4. The van der Waals surface area contributed by atoms with Gasteiger partial charge in [-0.2, -0.15) is 0 Å². The monoisotopic (exact) mass is 1060 g/mol. The van der Waals surface area contributed by atoms with E-state index in [0.29, 0.717) is 38.5 Å². The molecule has 2 saturated heterocycles. The first-order valence-corrected chi connectivity index (χ1v) is 32.0. The standard InChI is InChI=1S/C60H101O13P/c1-3-5-7-9-11-13-15-17-19-21-23-25-32-40-51(61)65-47-50(68-52(62)41-33-26-24-22-20-18-16-14-12-10-8-6-4-2)48-67-74(64,66-46-49-38-30-27-31-39-49)73-58-56-54(69-59(71-56)42-34-28-35-43-59)53(63)55-57(58)72-60(70-55)44-36-29-37-45-60/h27,30-31,38-39,50,53-58,63H,3-26,28-29,32-37,40-48H2,1-2H3/t50-,53?,54-,55+,56+,57+,58?,74?/m1/s1. The van der Waals surface area contributed by atoms with E-state index in [9.17, 15) is 14.7 Å². The van der Waals surface area contributed by atoms with Gasteiger partial charge in [-0.3, -0.25) is 23.2 Å². The third kappa shape index (κ3) is 21.0. The Balaban J connectivity index is 1.07.